The first-order valence-electron chi connectivity index (χ1n) is 32.2. The van der Waals surface area contributed by atoms with E-state index in [2.05, 4.69) is 68.5 Å². The molecule has 3 aromatic heterocycles. The van der Waals surface area contributed by atoms with Crippen molar-refractivity contribution in [2.24, 2.45) is 22.7 Å². The number of carboxylic acids is 1. The number of hydrogen-bond acceptors (Lipinski definition) is 24. The molecule has 0 bridgehead atoms. The summed E-state index contributed by atoms with van der Waals surface area (Å²) < 4.78 is 82.3. The third-order valence-corrected chi connectivity index (χ3v) is 19.6. The second kappa shape index (κ2) is 34.5. The summed E-state index contributed by atoms with van der Waals surface area (Å²) in [5.41, 5.74) is 4.03. The van der Waals surface area contributed by atoms with Crippen molar-refractivity contribution in [3.63, 3.8) is 0 Å². The molecule has 36 heteroatoms. The molecule has 3 aliphatic heterocycles. The van der Waals surface area contributed by atoms with Crippen LogP contribution in [0, 0.1) is 29.8 Å². The van der Waals surface area contributed by atoms with E-state index in [1.165, 1.54) is 60.7 Å². The number of carbonyl (C=O) groups is 6. The minimum absolute atomic E-state index is 0.00623. The van der Waals surface area contributed by atoms with Crippen LogP contribution in [0.25, 0.3) is 11.1 Å². The summed E-state index contributed by atoms with van der Waals surface area (Å²) in [6.07, 6.45) is 4.54. The van der Waals surface area contributed by atoms with Gasteiger partial charge in [-0.2, -0.15) is 20.1 Å². The number of nitrogens with zero attached hydrogens (tertiary/aromatic N) is 9. The molecule has 4 aromatic carbocycles. The first kappa shape index (κ1) is 81.9. The zero-order chi connectivity index (χ0) is 77.1. The van der Waals surface area contributed by atoms with E-state index in [0.717, 1.165) is 47.9 Å². The second-order valence-electron chi connectivity index (χ2n) is 24.6. The Morgan fingerprint density at radius 3 is 1.99 bits per heavy atom. The number of hydrazone groups is 1. The summed E-state index contributed by atoms with van der Waals surface area (Å²) in [7, 11) is -5.16. The van der Waals surface area contributed by atoms with Crippen molar-refractivity contribution in [3.05, 3.63) is 152 Å². The number of aromatic amines is 1. The number of urea groups is 1. The minimum Gasteiger partial charge on any atom is -0.478 e. The molecule has 7 aromatic rings. The number of aromatic nitrogens is 7. The molecule has 31 nitrogen and oxygen atoms in total. The number of fused-ring (bicyclic) bond motifs is 1. The van der Waals surface area contributed by atoms with Crippen LogP contribution in [0.3, 0.4) is 0 Å². The summed E-state index contributed by atoms with van der Waals surface area (Å²) in [5, 5.41) is 24.3. The molecule has 0 spiro atoms. The van der Waals surface area contributed by atoms with Gasteiger partial charge in [-0.05, 0) is 169 Å². The smallest absolute Gasteiger partial charge is 0.354 e. The number of anilines is 2. The fourth-order valence-corrected chi connectivity index (χ4v) is 14.1. The van der Waals surface area contributed by atoms with Gasteiger partial charge >= 0.3 is 35.9 Å². The predicted molar refractivity (Wildman–Crippen MR) is 394 cm³/mol. The van der Waals surface area contributed by atoms with Crippen LogP contribution < -0.4 is 35.6 Å². The molecule has 4 N–H and O–H groups in total. The van der Waals surface area contributed by atoms with Gasteiger partial charge < -0.3 is 38.7 Å². The molecule has 0 fully saturated rings. The van der Waals surface area contributed by atoms with Crippen molar-refractivity contribution in [3.8, 4) is 23.0 Å². The molecule has 6 heterocycles. The number of sulfone groups is 1. The standard InChI is InChI=1S/C23H32N2O4.C16H18Cl2N2O4.C16H17N3O5S.C13H12IN5O6S/c1-7-16-13-15(3)14-17(8-2)18(16)19-20(26)24-9-11-28-12-10-25(24)21(19)29-22(27)23(4,5)6;1-4-23-14(21)12-9-16(3,15(22)24-5-2)20(19-12)13-7-6-10(17)8-11(13)18;1-9-10(15(20)11-8-17-19(2)16(11)21)4-5-13(25(3,22)23)14(9)12-6-7-24-18-12;1-6-15-11(18-13(16-6)25-2)17-12(22)19-26(23,24)9-5-7(14)3-4-8(9)10(20)21/h13-14H,7-12H2,1-6H3;6-8H,4-5,9H2,1-3H3;4-5,8,17H,6-7H2,1-3H3;3-5H,1-2H3,(H,20,21)(H2,15,16,17,18,19,22). The Bertz CT molecular complexity index is 4900. The van der Waals surface area contributed by atoms with Crippen LogP contribution in [0.1, 0.15) is 128 Å². The minimum atomic E-state index is -4.45. The maximum atomic E-state index is 13.5. The first-order valence-corrected chi connectivity index (χ1v) is 37.5. The lowest BCUT2D eigenvalue weighted by Gasteiger charge is -2.32. The highest BCUT2D eigenvalue weighted by molar-refractivity contribution is 14.1. The van der Waals surface area contributed by atoms with Gasteiger partial charge in [0.25, 0.3) is 21.1 Å². The van der Waals surface area contributed by atoms with Crippen molar-refractivity contribution in [1.82, 2.24) is 38.8 Å². The van der Waals surface area contributed by atoms with E-state index in [1.54, 1.807) is 60.0 Å². The van der Waals surface area contributed by atoms with Gasteiger partial charge in [0.05, 0.1) is 78.9 Å². The summed E-state index contributed by atoms with van der Waals surface area (Å²) in [5.74, 6) is -2.99. The maximum Gasteiger partial charge on any atom is 0.354 e. The number of carbonyl (C=O) groups excluding carboxylic acids is 5. The van der Waals surface area contributed by atoms with Gasteiger partial charge in [-0.3, -0.25) is 29.2 Å². The molecular weight excluding hydrogens is 1550 g/mol. The number of methoxy groups -OCH3 is 1. The molecule has 0 saturated carbocycles. The second-order valence-corrected chi connectivity index (χ2v) is 30.3. The first-order chi connectivity index (χ1) is 48.8. The average molecular weight is 1630 g/mol. The van der Waals surface area contributed by atoms with Gasteiger partial charge in [0.15, 0.2) is 21.2 Å². The number of benzene rings is 4. The lowest BCUT2D eigenvalue weighted by Crippen LogP contribution is -2.48. The molecular formula is C68H79Cl2IN12O19S2. The van der Waals surface area contributed by atoms with E-state index in [0.29, 0.717) is 86.9 Å². The average Bonchev–Trinajstić information content (AvgIpc) is 1.58. The predicted octanol–water partition coefficient (Wildman–Crippen LogP) is 8.96. The fourth-order valence-electron chi connectivity index (χ4n) is 10.9. The molecule has 3 aliphatic rings. The Kier molecular flexibility index (Phi) is 27.2. The Morgan fingerprint density at radius 1 is 0.788 bits per heavy atom. The van der Waals surface area contributed by atoms with E-state index in [4.69, 9.17) is 56.8 Å². The normalized spacial score (nSPS) is 14.8. The zero-order valence-electron chi connectivity index (χ0n) is 59.4. The van der Waals surface area contributed by atoms with Crippen molar-refractivity contribution >= 4 is 124 Å². The van der Waals surface area contributed by atoms with Gasteiger partial charge in [0.2, 0.25) is 11.8 Å². The number of nitrogens with one attached hydrogen (secondary N) is 3. The number of carboxylic acid groups (broad SMARTS) is 1. The summed E-state index contributed by atoms with van der Waals surface area (Å²) in [4.78, 5) is 115. The van der Waals surface area contributed by atoms with Crippen LogP contribution in [-0.4, -0.2) is 155 Å². The summed E-state index contributed by atoms with van der Waals surface area (Å²) in [6, 6.07) is 14.3. The lowest BCUT2D eigenvalue weighted by atomic mass is 9.91. The van der Waals surface area contributed by atoms with Crippen LogP contribution in [-0.2, 0) is 86.3 Å². The number of ether oxygens (including phenoxy) is 5. The lowest BCUT2D eigenvalue weighted by molar-refractivity contribution is -0.148. The number of H-pyrrole nitrogens is 1. The van der Waals surface area contributed by atoms with Gasteiger partial charge in [-0.25, -0.2) is 55.1 Å². The van der Waals surface area contributed by atoms with Crippen LogP contribution in [0.4, 0.5) is 16.4 Å². The number of rotatable bonds is 18. The van der Waals surface area contributed by atoms with Gasteiger partial charge in [0.1, 0.15) is 34.2 Å². The largest absolute Gasteiger partial charge is 0.478 e. The SMILES string of the molecule is CCOC(=O)C1=NN(c2ccc(Cl)cc2Cl)C(C)(C(=O)OCC)C1.CCc1cc(C)cc(CC)c1-c1c(OC(=O)C(C)(C)C)n2n(c1=O)CCOCC2.COc1nc(C)nc(NC(=O)NS(=O)(=O)c2cc(I)ccc2C(=O)O)n1.Cc1c(C(=O)c2c[nH]n(C)c2=O)ccc(S(C)(=O)=O)c1C1=NOCC1. The molecule has 1 atom stereocenters. The molecule has 558 valence electrons. The van der Waals surface area contributed by atoms with Gasteiger partial charge in [0, 0.05) is 52.1 Å². The van der Waals surface area contributed by atoms with Crippen LogP contribution in [0.15, 0.2) is 96.5 Å². The Balaban J connectivity index is 0.000000194. The Labute approximate surface area is 622 Å². The summed E-state index contributed by atoms with van der Waals surface area (Å²) in [6.45, 7) is 22.6. The third kappa shape index (κ3) is 19.1. The van der Waals surface area contributed by atoms with Crippen LogP contribution >= 0.6 is 45.8 Å². The third-order valence-electron chi connectivity index (χ3n) is 15.9. The maximum absolute atomic E-state index is 13.5. The molecule has 10 rings (SSSR count). The molecule has 104 heavy (non-hydrogen) atoms. The highest BCUT2D eigenvalue weighted by Gasteiger charge is 2.50. The van der Waals surface area contributed by atoms with Crippen LogP contribution in [0.2, 0.25) is 10.0 Å². The number of ketones is 1. The number of oxime groups is 1. The number of aromatic carboxylic acids is 1. The number of aryl methyl sites for hydroxylation is 5. The van der Waals surface area contributed by atoms with Crippen LogP contribution in [0.5, 0.6) is 11.9 Å². The Morgan fingerprint density at radius 2 is 1.43 bits per heavy atom. The highest BCUT2D eigenvalue weighted by Crippen LogP contribution is 2.40. The molecule has 1 unspecified atom stereocenters. The molecule has 0 radical (unpaired) electrons. The monoisotopic (exact) mass is 1630 g/mol. The van der Waals surface area contributed by atoms with E-state index in [-0.39, 0.29) is 70.7 Å². The molecule has 2 amide bonds. The topological polar surface area (TPSA) is 402 Å². The Hall–Kier alpha value is -9.36. The zero-order valence-corrected chi connectivity index (χ0v) is 64.7. The quantitative estimate of drug-likeness (QED) is 0.0353. The number of esters is 3. The van der Waals surface area contributed by atoms with E-state index >= 15 is 0 Å². The van der Waals surface area contributed by atoms with Crippen molar-refractivity contribution < 1.29 is 79.2 Å². The van der Waals surface area contributed by atoms with E-state index in [1.807, 2.05) is 43.4 Å². The van der Waals surface area contributed by atoms with E-state index in [9.17, 15) is 55.2 Å². The van der Waals surface area contributed by atoms with Crippen molar-refractivity contribution in [2.45, 2.75) is 130 Å². The number of amides is 2. The highest BCUT2D eigenvalue weighted by atomic mass is 127. The van der Waals surface area contributed by atoms with Crippen molar-refractivity contribution in [2.75, 3.05) is 56.7 Å². The fraction of sp³-hybridized carbons (Fsp3) is 0.397. The number of halogens is 3. The summed E-state index contributed by atoms with van der Waals surface area (Å²) >= 11 is 14.0. The van der Waals surface area contributed by atoms with E-state index < -0.39 is 76.6 Å². The van der Waals surface area contributed by atoms with Gasteiger partial charge in [-0.1, -0.05) is 59.9 Å². The van der Waals surface area contributed by atoms with Crippen molar-refractivity contribution in [1.29, 1.82) is 0 Å². The number of sulfonamides is 1. The van der Waals surface area contributed by atoms with Gasteiger partial charge in [-0.15, -0.1) is 0 Å². The number of hydrogen-bond donors (Lipinski definition) is 4. The molecule has 0 saturated heterocycles. The molecule has 0 aliphatic carbocycles.